The summed E-state index contributed by atoms with van der Waals surface area (Å²) in [5, 5.41) is 0.274. The maximum absolute atomic E-state index is 13.0. The van der Waals surface area contributed by atoms with Gasteiger partial charge in [0.2, 0.25) is 0 Å². The molecule has 0 aliphatic carbocycles. The Labute approximate surface area is 145 Å². The number of nitrogens with zero attached hydrogens (tertiary/aromatic N) is 1. The van der Waals surface area contributed by atoms with E-state index in [2.05, 4.69) is 0 Å². The topological polar surface area (TPSA) is 37.4 Å². The summed E-state index contributed by atoms with van der Waals surface area (Å²) in [6.45, 7) is 0. The van der Waals surface area contributed by atoms with Crippen LogP contribution < -0.4 is 4.90 Å². The fourth-order valence-electron chi connectivity index (χ4n) is 2.23. The summed E-state index contributed by atoms with van der Waals surface area (Å²) in [5.41, 5.74) is 0.629. The molecule has 2 aromatic carbocycles. The molecule has 0 saturated heterocycles. The van der Waals surface area contributed by atoms with Gasteiger partial charge in [0, 0.05) is 0 Å². The molecule has 0 saturated carbocycles. The molecule has 1 aliphatic heterocycles. The van der Waals surface area contributed by atoms with Gasteiger partial charge < -0.3 is 0 Å². The first kappa shape index (κ1) is 16.0. The van der Waals surface area contributed by atoms with Gasteiger partial charge in [0.15, 0.2) is 0 Å². The van der Waals surface area contributed by atoms with Crippen LogP contribution in [0.2, 0.25) is 10.0 Å². The highest BCUT2D eigenvalue weighted by molar-refractivity contribution is 6.60. The molecule has 0 unspecified atom stereocenters. The second-order valence-corrected chi connectivity index (χ2v) is 5.93. The van der Waals surface area contributed by atoms with Crippen molar-refractivity contribution in [2.75, 3.05) is 4.90 Å². The minimum Gasteiger partial charge on any atom is -0.268 e. The Bertz CT molecular complexity index is 862. The molecule has 0 atom stereocenters. The van der Waals surface area contributed by atoms with E-state index in [0.717, 1.165) is 4.90 Å². The van der Waals surface area contributed by atoms with Gasteiger partial charge in [0.1, 0.15) is 10.8 Å². The van der Waals surface area contributed by atoms with E-state index in [4.69, 9.17) is 34.8 Å². The van der Waals surface area contributed by atoms with E-state index < -0.39 is 17.6 Å². The van der Waals surface area contributed by atoms with E-state index in [1.54, 1.807) is 0 Å². The molecular formula is C16H7Cl3FNO2. The maximum Gasteiger partial charge on any atom is 0.277 e. The summed E-state index contributed by atoms with van der Waals surface area (Å²) in [5.74, 6) is -1.73. The van der Waals surface area contributed by atoms with Crippen molar-refractivity contribution in [1.29, 1.82) is 0 Å². The molecule has 7 heteroatoms. The molecule has 0 spiro atoms. The van der Waals surface area contributed by atoms with Crippen LogP contribution in [0.1, 0.15) is 5.56 Å². The third-order valence-electron chi connectivity index (χ3n) is 3.32. The molecule has 0 fully saturated rings. The smallest absolute Gasteiger partial charge is 0.268 e. The van der Waals surface area contributed by atoms with Gasteiger partial charge in [-0.25, -0.2) is 9.29 Å². The summed E-state index contributed by atoms with van der Waals surface area (Å²) in [6, 6.07) is 9.51. The van der Waals surface area contributed by atoms with Gasteiger partial charge >= 0.3 is 0 Å². The summed E-state index contributed by atoms with van der Waals surface area (Å²) >= 11 is 17.8. The fraction of sp³-hybridized carbons (Fsp3) is 0. The van der Waals surface area contributed by atoms with Crippen LogP contribution in [0, 0.1) is 5.82 Å². The number of imide groups is 1. The van der Waals surface area contributed by atoms with Crippen LogP contribution in [-0.2, 0) is 9.59 Å². The number of rotatable bonds is 2. The number of carbonyl (C=O) groups is 2. The normalized spacial score (nSPS) is 14.9. The predicted octanol–water partition coefficient (Wildman–Crippen LogP) is 4.66. The van der Waals surface area contributed by atoms with Crippen molar-refractivity contribution in [3.63, 3.8) is 0 Å². The number of hydrogen-bond acceptors (Lipinski definition) is 2. The van der Waals surface area contributed by atoms with Crippen LogP contribution in [0.3, 0.4) is 0 Å². The second kappa shape index (κ2) is 5.96. The predicted molar refractivity (Wildman–Crippen MR) is 88.1 cm³/mol. The molecular weight excluding hydrogens is 364 g/mol. The van der Waals surface area contributed by atoms with Gasteiger partial charge in [0.05, 0.1) is 21.3 Å². The van der Waals surface area contributed by atoms with E-state index >= 15 is 0 Å². The lowest BCUT2D eigenvalue weighted by Crippen LogP contribution is -2.31. The molecule has 3 nitrogen and oxygen atoms in total. The van der Waals surface area contributed by atoms with E-state index in [9.17, 15) is 14.0 Å². The highest BCUT2D eigenvalue weighted by Crippen LogP contribution is 2.36. The standard InChI is InChI=1S/C16H7Cl3FNO2/c17-11-6-5-10(7-12(11)18)21-15(22)13(14(19)16(21)23)8-1-3-9(20)4-2-8/h1-7H. The average molecular weight is 371 g/mol. The number of carbonyl (C=O) groups excluding carboxylic acids is 2. The van der Waals surface area contributed by atoms with Gasteiger partial charge in [-0.1, -0.05) is 46.9 Å². The molecule has 2 amide bonds. The average Bonchev–Trinajstić information content (AvgIpc) is 2.74. The quantitative estimate of drug-likeness (QED) is 0.721. The summed E-state index contributed by atoms with van der Waals surface area (Å²) in [6.07, 6.45) is 0. The Hall–Kier alpha value is -1.88. The summed E-state index contributed by atoms with van der Waals surface area (Å²) in [4.78, 5) is 25.8. The third kappa shape index (κ3) is 2.74. The van der Waals surface area contributed by atoms with Crippen molar-refractivity contribution in [1.82, 2.24) is 0 Å². The highest BCUT2D eigenvalue weighted by atomic mass is 35.5. The van der Waals surface area contributed by atoms with Crippen LogP contribution in [-0.4, -0.2) is 11.8 Å². The number of hydrogen-bond donors (Lipinski definition) is 0. The van der Waals surface area contributed by atoms with Crippen molar-refractivity contribution >= 4 is 57.9 Å². The summed E-state index contributed by atoms with van der Waals surface area (Å²) < 4.78 is 13.0. The Morgan fingerprint density at radius 1 is 0.826 bits per heavy atom. The van der Waals surface area contributed by atoms with Gasteiger partial charge in [-0.3, -0.25) is 9.59 Å². The summed E-state index contributed by atoms with van der Waals surface area (Å²) in [7, 11) is 0. The first-order valence-electron chi connectivity index (χ1n) is 6.39. The molecule has 0 aromatic heterocycles. The van der Waals surface area contributed by atoms with E-state index in [0.29, 0.717) is 10.6 Å². The lowest BCUT2D eigenvalue weighted by atomic mass is 10.1. The fourth-order valence-corrected chi connectivity index (χ4v) is 2.80. The van der Waals surface area contributed by atoms with Gasteiger partial charge in [-0.2, -0.15) is 0 Å². The number of halogens is 4. The van der Waals surface area contributed by atoms with Crippen LogP contribution in [0.5, 0.6) is 0 Å². The van der Waals surface area contributed by atoms with Crippen LogP contribution >= 0.6 is 34.8 Å². The largest absolute Gasteiger partial charge is 0.277 e. The van der Waals surface area contributed by atoms with Crippen molar-refractivity contribution < 1.29 is 14.0 Å². The Kier molecular flexibility index (Phi) is 4.15. The molecule has 1 aliphatic rings. The number of anilines is 1. The van der Waals surface area contributed by atoms with Gasteiger partial charge in [-0.15, -0.1) is 0 Å². The highest BCUT2D eigenvalue weighted by Gasteiger charge is 2.39. The van der Waals surface area contributed by atoms with Crippen molar-refractivity contribution in [3.05, 3.63) is 68.9 Å². The first-order chi connectivity index (χ1) is 10.9. The molecule has 116 valence electrons. The zero-order chi connectivity index (χ0) is 16.7. The SMILES string of the molecule is O=C1C(Cl)=C(c2ccc(F)cc2)C(=O)N1c1ccc(Cl)c(Cl)c1. The third-order valence-corrected chi connectivity index (χ3v) is 4.41. The first-order valence-corrected chi connectivity index (χ1v) is 7.53. The minimum atomic E-state index is -0.672. The van der Waals surface area contributed by atoms with Crippen molar-refractivity contribution in [2.45, 2.75) is 0 Å². The van der Waals surface area contributed by atoms with Gasteiger partial charge in [-0.05, 0) is 35.9 Å². The van der Waals surface area contributed by atoms with Crippen LogP contribution in [0.15, 0.2) is 47.5 Å². The monoisotopic (exact) mass is 369 g/mol. The molecule has 3 rings (SSSR count). The molecule has 1 heterocycles. The van der Waals surface area contributed by atoms with Crippen molar-refractivity contribution in [2.24, 2.45) is 0 Å². The van der Waals surface area contributed by atoms with Crippen LogP contribution in [0.25, 0.3) is 5.57 Å². The van der Waals surface area contributed by atoms with E-state index in [1.165, 1.54) is 42.5 Å². The molecule has 0 bridgehead atoms. The van der Waals surface area contributed by atoms with E-state index in [-0.39, 0.29) is 21.3 Å². The van der Waals surface area contributed by atoms with Crippen LogP contribution in [0.4, 0.5) is 10.1 Å². The maximum atomic E-state index is 13.0. The Morgan fingerprint density at radius 2 is 1.48 bits per heavy atom. The molecule has 0 radical (unpaired) electrons. The minimum absolute atomic E-state index is 0.0164. The van der Waals surface area contributed by atoms with Crippen molar-refractivity contribution in [3.8, 4) is 0 Å². The lowest BCUT2D eigenvalue weighted by Gasteiger charge is -2.15. The Morgan fingerprint density at radius 3 is 2.09 bits per heavy atom. The molecule has 0 N–H and O–H groups in total. The zero-order valence-corrected chi connectivity index (χ0v) is 13.6. The number of amides is 2. The van der Waals surface area contributed by atoms with E-state index in [1.807, 2.05) is 0 Å². The second-order valence-electron chi connectivity index (χ2n) is 4.74. The lowest BCUT2D eigenvalue weighted by molar-refractivity contribution is -0.119. The molecule has 23 heavy (non-hydrogen) atoms. The number of benzene rings is 2. The van der Waals surface area contributed by atoms with Gasteiger partial charge in [0.25, 0.3) is 11.8 Å². The zero-order valence-electron chi connectivity index (χ0n) is 11.3. The molecule has 2 aromatic rings. The Balaban J connectivity index is 2.05.